The molecule has 0 aliphatic heterocycles. The van der Waals surface area contributed by atoms with E-state index in [9.17, 15) is 9.90 Å². The van der Waals surface area contributed by atoms with Crippen LogP contribution in [0, 0.1) is 6.92 Å². The summed E-state index contributed by atoms with van der Waals surface area (Å²) >= 11 is 0. The van der Waals surface area contributed by atoms with Gasteiger partial charge in [-0.2, -0.15) is 0 Å². The molecule has 0 aliphatic rings. The van der Waals surface area contributed by atoms with Crippen molar-refractivity contribution in [2.45, 2.75) is 6.92 Å². The lowest BCUT2D eigenvalue weighted by Gasteiger charge is -1.99. The first kappa shape index (κ1) is 15.2. The van der Waals surface area contributed by atoms with Crippen molar-refractivity contribution < 1.29 is 14.3 Å². The molecular formula is C22H16O3. The zero-order chi connectivity index (χ0) is 17.4. The smallest absolute Gasteiger partial charge is 0.189 e. The number of benzene rings is 3. The molecule has 0 radical (unpaired) electrons. The monoisotopic (exact) mass is 328 g/mol. The van der Waals surface area contributed by atoms with E-state index in [0.29, 0.717) is 5.76 Å². The highest BCUT2D eigenvalue weighted by Gasteiger charge is 2.12. The molecule has 0 bridgehead atoms. The molecule has 0 fully saturated rings. The van der Waals surface area contributed by atoms with Crippen molar-refractivity contribution in [1.82, 2.24) is 0 Å². The Balaban J connectivity index is 1.77. The van der Waals surface area contributed by atoms with Gasteiger partial charge in [-0.15, -0.1) is 0 Å². The lowest BCUT2D eigenvalue weighted by molar-refractivity contribution is 0.104. The molecular weight excluding hydrogens is 312 g/mol. The summed E-state index contributed by atoms with van der Waals surface area (Å²) < 4.78 is 5.92. The minimum atomic E-state index is -0.261. The van der Waals surface area contributed by atoms with Crippen molar-refractivity contribution in [3.05, 3.63) is 83.6 Å². The highest BCUT2D eigenvalue weighted by Crippen LogP contribution is 2.32. The summed E-state index contributed by atoms with van der Waals surface area (Å²) in [6.07, 6.45) is 3.10. The van der Waals surface area contributed by atoms with Crippen molar-refractivity contribution in [3.63, 3.8) is 0 Å². The van der Waals surface area contributed by atoms with Crippen molar-refractivity contribution in [2.75, 3.05) is 0 Å². The van der Waals surface area contributed by atoms with E-state index in [4.69, 9.17) is 4.42 Å². The molecule has 0 spiro atoms. The minimum Gasteiger partial charge on any atom is -0.507 e. The van der Waals surface area contributed by atoms with E-state index in [1.807, 2.05) is 31.2 Å². The SMILES string of the molecule is Cc1c(/C=C/C(=O)c2ccccc2O)oc2ccc3ccccc3c12. The lowest BCUT2D eigenvalue weighted by Crippen LogP contribution is -1.94. The van der Waals surface area contributed by atoms with Crippen LogP contribution in [0.25, 0.3) is 27.8 Å². The molecule has 3 heteroatoms. The van der Waals surface area contributed by atoms with E-state index >= 15 is 0 Å². The fourth-order valence-electron chi connectivity index (χ4n) is 3.12. The summed E-state index contributed by atoms with van der Waals surface area (Å²) in [5, 5.41) is 13.1. The third kappa shape index (κ3) is 2.60. The first-order valence-corrected chi connectivity index (χ1v) is 8.06. The number of para-hydroxylation sites is 1. The molecule has 122 valence electrons. The van der Waals surface area contributed by atoms with Crippen LogP contribution in [0.5, 0.6) is 5.75 Å². The predicted molar refractivity (Wildman–Crippen MR) is 99.9 cm³/mol. The third-order valence-corrected chi connectivity index (χ3v) is 4.41. The van der Waals surface area contributed by atoms with E-state index in [2.05, 4.69) is 12.1 Å². The third-order valence-electron chi connectivity index (χ3n) is 4.41. The van der Waals surface area contributed by atoms with Gasteiger partial charge >= 0.3 is 0 Å². The number of furan rings is 1. The number of aryl methyl sites for hydroxylation is 1. The molecule has 4 aromatic rings. The molecule has 0 unspecified atom stereocenters. The molecule has 25 heavy (non-hydrogen) atoms. The van der Waals surface area contributed by atoms with Crippen LogP contribution in [0.1, 0.15) is 21.7 Å². The largest absolute Gasteiger partial charge is 0.507 e. The Labute approximate surface area is 144 Å². The molecule has 0 atom stereocenters. The van der Waals surface area contributed by atoms with Crippen LogP contribution in [0.15, 0.2) is 71.2 Å². The quantitative estimate of drug-likeness (QED) is 0.399. The van der Waals surface area contributed by atoms with Crippen LogP contribution >= 0.6 is 0 Å². The van der Waals surface area contributed by atoms with Gasteiger partial charge in [0.1, 0.15) is 17.1 Å². The Morgan fingerprint density at radius 1 is 1.00 bits per heavy atom. The second-order valence-electron chi connectivity index (χ2n) is 5.97. The molecule has 3 nitrogen and oxygen atoms in total. The van der Waals surface area contributed by atoms with E-state index in [-0.39, 0.29) is 17.1 Å². The molecule has 1 aromatic heterocycles. The second-order valence-corrected chi connectivity index (χ2v) is 5.97. The maximum absolute atomic E-state index is 12.3. The van der Waals surface area contributed by atoms with Crippen LogP contribution in [0.3, 0.4) is 0 Å². The maximum atomic E-state index is 12.3. The summed E-state index contributed by atoms with van der Waals surface area (Å²) in [7, 11) is 0. The Hall–Kier alpha value is -3.33. The Morgan fingerprint density at radius 3 is 2.60 bits per heavy atom. The Bertz CT molecular complexity index is 1130. The number of phenolic OH excluding ortho intramolecular Hbond substituents is 1. The number of rotatable bonds is 3. The predicted octanol–water partition coefficient (Wildman–Crippen LogP) is 5.50. The van der Waals surface area contributed by atoms with Crippen LogP contribution < -0.4 is 0 Å². The summed E-state index contributed by atoms with van der Waals surface area (Å²) in [5.74, 6) is 0.363. The fourth-order valence-corrected chi connectivity index (χ4v) is 3.12. The highest BCUT2D eigenvalue weighted by molar-refractivity contribution is 6.10. The van der Waals surface area contributed by atoms with Gasteiger partial charge in [0.15, 0.2) is 5.78 Å². The van der Waals surface area contributed by atoms with E-state index in [1.54, 1.807) is 24.3 Å². The number of carbonyl (C=O) groups is 1. The molecule has 4 rings (SSSR count). The Kier molecular flexibility index (Phi) is 3.62. The standard InChI is InChI=1S/C22H16O3/c1-14-20(13-11-19(24)17-8-4-5-9-18(17)23)25-21-12-10-15-6-2-3-7-16(15)22(14)21/h2-13,23H,1H3/b13-11+. The highest BCUT2D eigenvalue weighted by atomic mass is 16.3. The van der Waals surface area contributed by atoms with Crippen LogP contribution in [0.2, 0.25) is 0 Å². The second kappa shape index (κ2) is 5.95. The van der Waals surface area contributed by atoms with E-state index in [0.717, 1.165) is 27.3 Å². The first-order valence-electron chi connectivity index (χ1n) is 8.06. The molecule has 3 aromatic carbocycles. The summed E-state index contributed by atoms with van der Waals surface area (Å²) in [5.41, 5.74) is 2.07. The lowest BCUT2D eigenvalue weighted by atomic mass is 10.0. The zero-order valence-corrected chi connectivity index (χ0v) is 13.7. The van der Waals surface area contributed by atoms with Gasteiger partial charge in [0.2, 0.25) is 0 Å². The van der Waals surface area contributed by atoms with Crippen LogP contribution in [0.4, 0.5) is 0 Å². The van der Waals surface area contributed by atoms with Gasteiger partial charge < -0.3 is 9.52 Å². The summed E-state index contributed by atoms with van der Waals surface area (Å²) in [4.78, 5) is 12.3. The number of hydrogen-bond donors (Lipinski definition) is 1. The number of allylic oxidation sites excluding steroid dienone is 1. The van der Waals surface area contributed by atoms with Gasteiger partial charge in [0.05, 0.1) is 5.56 Å². The minimum absolute atomic E-state index is 0.0236. The number of fused-ring (bicyclic) bond motifs is 3. The van der Waals surface area contributed by atoms with Crippen molar-refractivity contribution in [3.8, 4) is 5.75 Å². The van der Waals surface area contributed by atoms with Crippen molar-refractivity contribution in [2.24, 2.45) is 0 Å². The first-order chi connectivity index (χ1) is 12.1. The summed E-state index contributed by atoms with van der Waals surface area (Å²) in [6, 6.07) is 18.6. The zero-order valence-electron chi connectivity index (χ0n) is 13.7. The van der Waals surface area contributed by atoms with Gasteiger partial charge in [-0.1, -0.05) is 42.5 Å². The van der Waals surface area contributed by atoms with Crippen molar-refractivity contribution >= 4 is 33.6 Å². The number of ketones is 1. The van der Waals surface area contributed by atoms with Gasteiger partial charge in [-0.3, -0.25) is 4.79 Å². The van der Waals surface area contributed by atoms with E-state index < -0.39 is 0 Å². The molecule has 0 saturated carbocycles. The number of aromatic hydroxyl groups is 1. The molecule has 0 saturated heterocycles. The van der Waals surface area contributed by atoms with Gasteiger partial charge in [0.25, 0.3) is 0 Å². The topological polar surface area (TPSA) is 50.4 Å². The summed E-state index contributed by atoms with van der Waals surface area (Å²) in [6.45, 7) is 1.99. The average molecular weight is 328 g/mol. The van der Waals surface area contributed by atoms with Gasteiger partial charge in [0, 0.05) is 10.9 Å². The molecule has 0 amide bonds. The van der Waals surface area contributed by atoms with Crippen LogP contribution in [-0.2, 0) is 0 Å². The van der Waals surface area contributed by atoms with Gasteiger partial charge in [-0.05, 0) is 48.0 Å². The normalized spacial score (nSPS) is 11.6. The number of carbonyl (C=O) groups excluding carboxylic acids is 1. The average Bonchev–Trinajstić information content (AvgIpc) is 2.96. The molecule has 1 heterocycles. The number of phenols is 1. The van der Waals surface area contributed by atoms with Crippen LogP contribution in [-0.4, -0.2) is 10.9 Å². The molecule has 1 N–H and O–H groups in total. The van der Waals surface area contributed by atoms with Gasteiger partial charge in [-0.25, -0.2) is 0 Å². The maximum Gasteiger partial charge on any atom is 0.189 e. The fraction of sp³-hybridized carbons (Fsp3) is 0.0455. The Morgan fingerprint density at radius 2 is 1.76 bits per heavy atom. The van der Waals surface area contributed by atoms with E-state index in [1.165, 1.54) is 12.1 Å². The van der Waals surface area contributed by atoms with Crippen molar-refractivity contribution in [1.29, 1.82) is 0 Å². The molecule has 0 aliphatic carbocycles. The number of hydrogen-bond acceptors (Lipinski definition) is 3.